The van der Waals surface area contributed by atoms with Crippen LogP contribution in [0, 0.1) is 10.8 Å². The molecule has 4 aromatic rings. The van der Waals surface area contributed by atoms with Crippen molar-refractivity contribution in [2.45, 2.75) is 45.7 Å². The van der Waals surface area contributed by atoms with E-state index < -0.39 is 0 Å². The average molecular weight is 588 g/mol. The molecule has 0 bridgehead atoms. The number of amides is 2. The molecule has 42 heavy (non-hydrogen) atoms. The molecule has 1 saturated carbocycles. The number of rotatable bonds is 10. The van der Waals surface area contributed by atoms with Crippen molar-refractivity contribution >= 4 is 40.1 Å². The van der Waals surface area contributed by atoms with Crippen LogP contribution >= 0.6 is 11.3 Å². The predicted octanol–water partition coefficient (Wildman–Crippen LogP) is 5.46. The van der Waals surface area contributed by atoms with Gasteiger partial charge in [0.1, 0.15) is 5.76 Å². The molecule has 0 radical (unpaired) electrons. The predicted molar refractivity (Wildman–Crippen MR) is 164 cm³/mol. The van der Waals surface area contributed by atoms with Gasteiger partial charge in [-0.1, -0.05) is 26.5 Å². The molecule has 1 aliphatic carbocycles. The van der Waals surface area contributed by atoms with E-state index in [1.807, 2.05) is 43.0 Å². The summed E-state index contributed by atoms with van der Waals surface area (Å²) in [4.78, 5) is 33.9. The minimum absolute atomic E-state index is 0.00950. The third-order valence-corrected chi connectivity index (χ3v) is 9.66. The van der Waals surface area contributed by atoms with Crippen LogP contribution in [-0.4, -0.2) is 57.6 Å². The molecule has 2 amide bonds. The zero-order valence-electron chi connectivity index (χ0n) is 24.1. The molecule has 0 unspecified atom stereocenters. The maximum Gasteiger partial charge on any atom is 0.268 e. The molecule has 6 rings (SSSR count). The zero-order valence-corrected chi connectivity index (χ0v) is 24.9. The summed E-state index contributed by atoms with van der Waals surface area (Å²) in [5.74, 6) is 1.05. The lowest BCUT2D eigenvalue weighted by Gasteiger charge is -2.46. The third-order valence-electron chi connectivity index (χ3n) is 8.56. The first-order valence-corrected chi connectivity index (χ1v) is 15.2. The second-order valence-corrected chi connectivity index (χ2v) is 13.5. The maximum atomic E-state index is 13.4. The van der Waals surface area contributed by atoms with Gasteiger partial charge in [-0.25, -0.2) is 4.98 Å². The number of nitrogens with one attached hydrogen (secondary N) is 2. The SMILES string of the molecule is C=CC(=O)N1CCC2(CC(n3c(NC(=O)c4ccc(-c5ccco5)s4)nc4cc(CNCC(C)(C)CO)ccc43)C2)C1. The van der Waals surface area contributed by atoms with Crippen LogP contribution in [0.25, 0.3) is 21.7 Å². The van der Waals surface area contributed by atoms with Crippen molar-refractivity contribution in [1.82, 2.24) is 19.8 Å². The van der Waals surface area contributed by atoms with Gasteiger partial charge in [-0.2, -0.15) is 0 Å². The lowest BCUT2D eigenvalue weighted by atomic mass is 9.64. The first-order valence-electron chi connectivity index (χ1n) is 14.4. The summed E-state index contributed by atoms with van der Waals surface area (Å²) in [6.07, 6.45) is 5.83. The Balaban J connectivity index is 1.25. The van der Waals surface area contributed by atoms with Crippen molar-refractivity contribution in [1.29, 1.82) is 0 Å². The molecule has 220 valence electrons. The first kappa shape index (κ1) is 28.4. The second kappa shape index (κ2) is 11.2. The van der Waals surface area contributed by atoms with Crippen LogP contribution in [0.4, 0.5) is 5.95 Å². The van der Waals surface area contributed by atoms with Gasteiger partial charge in [0.15, 0.2) is 0 Å². The number of hydrogen-bond acceptors (Lipinski definition) is 7. The van der Waals surface area contributed by atoms with Crippen molar-refractivity contribution in [2.75, 3.05) is 31.6 Å². The zero-order chi connectivity index (χ0) is 29.5. The molecular weight excluding hydrogens is 550 g/mol. The van der Waals surface area contributed by atoms with Crippen LogP contribution in [0.5, 0.6) is 0 Å². The summed E-state index contributed by atoms with van der Waals surface area (Å²) in [5.41, 5.74) is 2.78. The van der Waals surface area contributed by atoms with Gasteiger partial charge < -0.3 is 24.3 Å². The van der Waals surface area contributed by atoms with Crippen LogP contribution in [0.1, 0.15) is 54.4 Å². The van der Waals surface area contributed by atoms with Crippen LogP contribution in [0.3, 0.4) is 0 Å². The van der Waals surface area contributed by atoms with E-state index in [4.69, 9.17) is 9.40 Å². The Hall–Kier alpha value is -3.73. The Kier molecular flexibility index (Phi) is 7.55. The van der Waals surface area contributed by atoms with E-state index >= 15 is 0 Å². The number of aromatic nitrogens is 2. The van der Waals surface area contributed by atoms with E-state index in [1.165, 1.54) is 17.4 Å². The van der Waals surface area contributed by atoms with E-state index in [2.05, 4.69) is 40.0 Å². The van der Waals surface area contributed by atoms with E-state index in [9.17, 15) is 14.7 Å². The minimum Gasteiger partial charge on any atom is -0.464 e. The Morgan fingerprint density at radius 2 is 2.10 bits per heavy atom. The van der Waals surface area contributed by atoms with E-state index in [0.29, 0.717) is 23.9 Å². The fourth-order valence-corrected chi connectivity index (χ4v) is 7.07. The van der Waals surface area contributed by atoms with Crippen LogP contribution < -0.4 is 10.6 Å². The summed E-state index contributed by atoms with van der Waals surface area (Å²) >= 11 is 1.38. The van der Waals surface area contributed by atoms with Gasteiger partial charge in [0.25, 0.3) is 5.91 Å². The molecule has 1 spiro atoms. The standard InChI is InChI=1S/C32H37N5O4S/c1-4-28(39)36-12-11-32(19-36)15-22(16-32)37-24-8-7-21(17-33-18-31(2,3)20-38)14-23(24)34-30(37)35-29(40)27-10-9-26(42-27)25-6-5-13-41-25/h4-10,13-14,22,33,38H,1,11-12,15-20H2,2-3H3,(H,34,35,40). The smallest absolute Gasteiger partial charge is 0.268 e. The van der Waals surface area contributed by atoms with Crippen molar-refractivity contribution in [2.24, 2.45) is 10.8 Å². The molecule has 9 nitrogen and oxygen atoms in total. The van der Waals surface area contributed by atoms with Gasteiger partial charge in [0, 0.05) is 44.2 Å². The van der Waals surface area contributed by atoms with Crippen molar-refractivity contribution in [3.63, 3.8) is 0 Å². The lowest BCUT2D eigenvalue weighted by molar-refractivity contribution is -0.125. The number of imidazole rings is 1. The summed E-state index contributed by atoms with van der Waals surface area (Å²) < 4.78 is 7.67. The van der Waals surface area contributed by atoms with Gasteiger partial charge >= 0.3 is 0 Å². The number of fused-ring (bicyclic) bond motifs is 1. The third kappa shape index (κ3) is 5.54. The molecule has 2 aliphatic rings. The normalized spacial score (nSPS) is 20.3. The van der Waals surface area contributed by atoms with Crippen molar-refractivity contribution in [3.8, 4) is 10.6 Å². The van der Waals surface area contributed by atoms with E-state index in [-0.39, 0.29) is 35.3 Å². The summed E-state index contributed by atoms with van der Waals surface area (Å²) in [6, 6.07) is 13.8. The summed E-state index contributed by atoms with van der Waals surface area (Å²) in [5, 5.41) is 16.1. The molecule has 3 aromatic heterocycles. The molecule has 3 N–H and O–H groups in total. The minimum atomic E-state index is -0.208. The Morgan fingerprint density at radius 3 is 2.83 bits per heavy atom. The van der Waals surface area contributed by atoms with Gasteiger partial charge in [-0.3, -0.25) is 14.9 Å². The highest BCUT2D eigenvalue weighted by Crippen LogP contribution is 2.55. The Labute approximate surface area is 249 Å². The summed E-state index contributed by atoms with van der Waals surface area (Å²) in [7, 11) is 0. The maximum absolute atomic E-state index is 13.4. The van der Waals surface area contributed by atoms with Crippen LogP contribution in [0.2, 0.25) is 0 Å². The Morgan fingerprint density at radius 1 is 1.26 bits per heavy atom. The topological polar surface area (TPSA) is 113 Å². The number of furan rings is 1. The molecule has 1 aliphatic heterocycles. The van der Waals surface area contributed by atoms with E-state index in [1.54, 1.807) is 6.26 Å². The quantitative estimate of drug-likeness (QED) is 0.213. The van der Waals surface area contributed by atoms with Crippen LogP contribution in [0.15, 0.2) is 65.8 Å². The number of hydrogen-bond donors (Lipinski definition) is 3. The highest BCUT2D eigenvalue weighted by Gasteiger charge is 2.50. The number of nitrogens with zero attached hydrogens (tertiary/aromatic N) is 3. The fraction of sp³-hybridized carbons (Fsp3) is 0.406. The molecule has 4 heterocycles. The van der Waals surface area contributed by atoms with Gasteiger partial charge in [-0.05, 0) is 72.7 Å². The van der Waals surface area contributed by atoms with E-state index in [0.717, 1.165) is 59.6 Å². The highest BCUT2D eigenvalue weighted by atomic mass is 32.1. The molecule has 2 fully saturated rings. The molecule has 1 aromatic carbocycles. The van der Waals surface area contributed by atoms with Gasteiger partial charge in [0.05, 0.1) is 27.1 Å². The number of carbonyl (C=O) groups excluding carboxylic acids is 2. The largest absolute Gasteiger partial charge is 0.464 e. The molecule has 0 atom stereocenters. The molecular formula is C32H37N5O4S. The Bertz CT molecular complexity index is 1610. The summed E-state index contributed by atoms with van der Waals surface area (Å²) in [6.45, 7) is 10.6. The van der Waals surface area contributed by atoms with Crippen molar-refractivity contribution < 1.29 is 19.1 Å². The van der Waals surface area contributed by atoms with Gasteiger partial charge in [-0.15, -0.1) is 11.3 Å². The lowest BCUT2D eigenvalue weighted by Crippen LogP contribution is -2.42. The number of likely N-dealkylation sites (tertiary alicyclic amines) is 1. The number of benzene rings is 1. The second-order valence-electron chi connectivity index (χ2n) is 12.4. The molecule has 10 heteroatoms. The number of aliphatic hydroxyl groups is 1. The van der Waals surface area contributed by atoms with Crippen LogP contribution in [-0.2, 0) is 11.3 Å². The first-order chi connectivity index (χ1) is 20.2. The molecule has 1 saturated heterocycles. The number of aliphatic hydroxyl groups excluding tert-OH is 1. The highest BCUT2D eigenvalue weighted by molar-refractivity contribution is 7.17. The van der Waals surface area contributed by atoms with Gasteiger partial charge in [0.2, 0.25) is 11.9 Å². The number of carbonyl (C=O) groups is 2. The monoisotopic (exact) mass is 587 g/mol. The number of anilines is 1. The average Bonchev–Trinajstić information content (AvgIpc) is 3.76. The van der Waals surface area contributed by atoms with Crippen molar-refractivity contribution in [3.05, 3.63) is 71.8 Å². The fourth-order valence-electron chi connectivity index (χ4n) is 6.20. The number of thiophene rings is 1.